The molecule has 1 unspecified atom stereocenters. The Bertz CT molecular complexity index is 864. The van der Waals surface area contributed by atoms with E-state index < -0.39 is 24.3 Å². The van der Waals surface area contributed by atoms with E-state index in [2.05, 4.69) is 0 Å². The highest BCUT2D eigenvalue weighted by Gasteiger charge is 2.49. The summed E-state index contributed by atoms with van der Waals surface area (Å²) >= 11 is 1.36. The third-order valence-electron chi connectivity index (χ3n) is 3.89. The number of thioether (sulfide) groups is 1. The van der Waals surface area contributed by atoms with Crippen LogP contribution in [0.3, 0.4) is 0 Å². The van der Waals surface area contributed by atoms with Gasteiger partial charge in [0.05, 0.1) is 11.6 Å². The number of hydrogen-bond donors (Lipinski definition) is 1. The normalized spacial score (nSPS) is 17.8. The minimum Gasteiger partial charge on any atom is -0.457 e. The largest absolute Gasteiger partial charge is 0.457 e. The van der Waals surface area contributed by atoms with E-state index in [1.54, 1.807) is 6.07 Å². The predicted octanol–water partition coefficient (Wildman–Crippen LogP) is 4.83. The molecule has 0 spiro atoms. The zero-order valence-electron chi connectivity index (χ0n) is 13.2. The molecule has 7 heteroatoms. The third-order valence-corrected chi connectivity index (χ3v) is 4.84. The van der Waals surface area contributed by atoms with Gasteiger partial charge in [0, 0.05) is 28.5 Å². The Balaban J connectivity index is 2.05. The number of benzene rings is 2. The molecule has 2 aromatic rings. The molecule has 0 bridgehead atoms. The van der Waals surface area contributed by atoms with Crippen LogP contribution < -0.4 is 4.74 Å². The fraction of sp³-hybridized carbons (Fsp3) is 0.278. The highest BCUT2D eigenvalue weighted by atomic mass is 32.2. The molecule has 130 valence electrons. The lowest BCUT2D eigenvalue weighted by atomic mass is 10.1. The topological polar surface area (TPSA) is 53.2 Å². The number of halogens is 3. The molecular formula is C18H14F3NO2S. The average molecular weight is 365 g/mol. The van der Waals surface area contributed by atoms with Gasteiger partial charge in [-0.3, -0.25) is 0 Å². The van der Waals surface area contributed by atoms with E-state index in [1.807, 2.05) is 13.0 Å². The molecular weight excluding hydrogens is 351 g/mol. The lowest BCUT2D eigenvalue weighted by Crippen LogP contribution is -2.21. The number of aliphatic hydroxyl groups is 1. The van der Waals surface area contributed by atoms with E-state index >= 15 is 0 Å². The van der Waals surface area contributed by atoms with Gasteiger partial charge in [-0.1, -0.05) is 6.92 Å². The molecule has 3 nitrogen and oxygen atoms in total. The first-order chi connectivity index (χ1) is 11.9. The van der Waals surface area contributed by atoms with E-state index in [0.717, 1.165) is 12.1 Å². The van der Waals surface area contributed by atoms with E-state index in [0.29, 0.717) is 10.6 Å². The van der Waals surface area contributed by atoms with Crippen LogP contribution in [0.25, 0.3) is 0 Å². The quantitative estimate of drug-likeness (QED) is 0.789. The fourth-order valence-corrected chi connectivity index (χ4v) is 3.70. The van der Waals surface area contributed by atoms with Gasteiger partial charge < -0.3 is 9.84 Å². The molecule has 0 radical (unpaired) electrons. The van der Waals surface area contributed by atoms with Crippen molar-refractivity contribution in [3.05, 3.63) is 52.8 Å². The maximum atomic E-state index is 14.0. The molecule has 3 rings (SSSR count). The van der Waals surface area contributed by atoms with Crippen LogP contribution in [0, 0.1) is 17.1 Å². The Hall–Kier alpha value is -2.17. The second kappa shape index (κ2) is 6.62. The van der Waals surface area contributed by atoms with Gasteiger partial charge in [-0.15, -0.1) is 11.8 Å². The molecule has 0 saturated heterocycles. The first kappa shape index (κ1) is 17.6. The lowest BCUT2D eigenvalue weighted by molar-refractivity contribution is -0.0976. The first-order valence-electron chi connectivity index (χ1n) is 7.58. The van der Waals surface area contributed by atoms with Crippen LogP contribution in [0.5, 0.6) is 11.5 Å². The predicted molar refractivity (Wildman–Crippen MR) is 87.6 cm³/mol. The third kappa shape index (κ3) is 3.32. The summed E-state index contributed by atoms with van der Waals surface area (Å²) in [5.74, 6) is -3.11. The molecule has 2 aromatic carbocycles. The van der Waals surface area contributed by atoms with Crippen LogP contribution in [0.2, 0.25) is 0 Å². The summed E-state index contributed by atoms with van der Waals surface area (Å²) < 4.78 is 47.2. The van der Waals surface area contributed by atoms with E-state index in [1.165, 1.54) is 23.9 Å². The molecule has 0 amide bonds. The molecule has 0 saturated carbocycles. The van der Waals surface area contributed by atoms with E-state index in [9.17, 15) is 18.3 Å². The summed E-state index contributed by atoms with van der Waals surface area (Å²) in [4.78, 5) is 0.575. The molecule has 0 aromatic heterocycles. The molecule has 1 atom stereocenters. The highest BCUT2D eigenvalue weighted by molar-refractivity contribution is 7.99. The number of nitriles is 1. The number of rotatable bonds is 4. The van der Waals surface area contributed by atoms with Crippen LogP contribution >= 0.6 is 11.8 Å². The van der Waals surface area contributed by atoms with Crippen LogP contribution in [-0.2, 0) is 6.42 Å². The van der Waals surface area contributed by atoms with Gasteiger partial charge in [0.1, 0.15) is 23.4 Å². The minimum atomic E-state index is -3.29. The van der Waals surface area contributed by atoms with Crippen molar-refractivity contribution in [3.63, 3.8) is 0 Å². The van der Waals surface area contributed by atoms with Crippen molar-refractivity contribution in [2.45, 2.75) is 30.3 Å². The van der Waals surface area contributed by atoms with Gasteiger partial charge in [0.25, 0.3) is 5.92 Å². The maximum absolute atomic E-state index is 14.0. The van der Waals surface area contributed by atoms with Gasteiger partial charge in [-0.25, -0.2) is 13.2 Å². The highest BCUT2D eigenvalue weighted by Crippen LogP contribution is 2.50. The second-order valence-electron chi connectivity index (χ2n) is 5.62. The summed E-state index contributed by atoms with van der Waals surface area (Å²) in [6, 6.07) is 8.40. The van der Waals surface area contributed by atoms with Crippen LogP contribution in [0.1, 0.15) is 29.7 Å². The van der Waals surface area contributed by atoms with Crippen molar-refractivity contribution in [1.82, 2.24) is 0 Å². The SMILES string of the molecule is CCSc1ccc(Oc2cc(F)cc(C#N)c2)c2c1C(O)C(F)(F)C2. The molecule has 0 heterocycles. The van der Waals surface area contributed by atoms with Gasteiger partial charge in [0.2, 0.25) is 0 Å². The Morgan fingerprint density at radius 1 is 1.36 bits per heavy atom. The van der Waals surface area contributed by atoms with Crippen molar-refractivity contribution < 1.29 is 23.0 Å². The van der Waals surface area contributed by atoms with Gasteiger partial charge in [-0.2, -0.15) is 5.26 Å². The Kier molecular flexibility index (Phi) is 4.67. The lowest BCUT2D eigenvalue weighted by Gasteiger charge is -2.16. The van der Waals surface area contributed by atoms with Crippen LogP contribution in [-0.4, -0.2) is 16.8 Å². The van der Waals surface area contributed by atoms with Crippen molar-refractivity contribution in [2.24, 2.45) is 0 Å². The van der Waals surface area contributed by atoms with Gasteiger partial charge >= 0.3 is 0 Å². The van der Waals surface area contributed by atoms with Gasteiger partial charge in [0.15, 0.2) is 0 Å². The maximum Gasteiger partial charge on any atom is 0.281 e. The Morgan fingerprint density at radius 3 is 2.80 bits per heavy atom. The summed E-state index contributed by atoms with van der Waals surface area (Å²) in [6.07, 6.45) is -2.56. The van der Waals surface area contributed by atoms with Crippen LogP contribution in [0.4, 0.5) is 13.2 Å². The average Bonchev–Trinajstić information content (AvgIpc) is 2.80. The van der Waals surface area contributed by atoms with Gasteiger partial charge in [-0.05, 0) is 30.0 Å². The molecule has 25 heavy (non-hydrogen) atoms. The molecule has 1 aliphatic carbocycles. The first-order valence-corrected chi connectivity index (χ1v) is 8.57. The Labute approximate surface area is 147 Å². The van der Waals surface area contributed by atoms with E-state index in [-0.39, 0.29) is 28.2 Å². The molecule has 0 fully saturated rings. The summed E-state index contributed by atoms with van der Waals surface area (Å²) in [7, 11) is 0. The van der Waals surface area contributed by atoms with Crippen molar-refractivity contribution in [3.8, 4) is 17.6 Å². The van der Waals surface area contributed by atoms with Crippen molar-refractivity contribution >= 4 is 11.8 Å². The number of alkyl halides is 2. The summed E-state index contributed by atoms with van der Waals surface area (Å²) in [5.41, 5.74) is 0.431. The smallest absolute Gasteiger partial charge is 0.281 e. The van der Waals surface area contributed by atoms with Crippen molar-refractivity contribution in [1.29, 1.82) is 5.26 Å². The standard InChI is InChI=1S/C18H14F3NO2S/c1-2-25-15-4-3-14(13-8-18(20,21)17(23)16(13)15)24-12-6-10(9-22)5-11(19)7-12/h3-7,17,23H,2,8H2,1H3. The fourth-order valence-electron chi connectivity index (χ4n) is 2.84. The number of fused-ring (bicyclic) bond motifs is 1. The van der Waals surface area contributed by atoms with Crippen LogP contribution in [0.15, 0.2) is 35.2 Å². The Morgan fingerprint density at radius 2 is 2.12 bits per heavy atom. The van der Waals surface area contributed by atoms with Crippen molar-refractivity contribution in [2.75, 3.05) is 5.75 Å². The van der Waals surface area contributed by atoms with E-state index in [4.69, 9.17) is 10.00 Å². The molecule has 1 N–H and O–H groups in total. The number of ether oxygens (including phenoxy) is 1. The second-order valence-corrected chi connectivity index (χ2v) is 6.92. The number of nitrogens with zero attached hydrogens (tertiary/aromatic N) is 1. The summed E-state index contributed by atoms with van der Waals surface area (Å²) in [5, 5.41) is 18.9. The monoisotopic (exact) mass is 365 g/mol. The summed E-state index contributed by atoms with van der Waals surface area (Å²) in [6.45, 7) is 1.89. The number of hydrogen-bond acceptors (Lipinski definition) is 4. The molecule has 0 aliphatic heterocycles. The number of aliphatic hydroxyl groups excluding tert-OH is 1. The zero-order chi connectivity index (χ0) is 18.2. The minimum absolute atomic E-state index is 0.0411. The molecule has 1 aliphatic rings. The zero-order valence-corrected chi connectivity index (χ0v) is 14.0.